The minimum absolute atomic E-state index is 0.205. The number of nitrogens with zero attached hydrogens (tertiary/aromatic N) is 2. The SMILES string of the molecule is COc1cc(C=NNc2nc3ccccc3s2)ccc1OCC(N)=O. The van der Waals surface area contributed by atoms with E-state index in [9.17, 15) is 4.79 Å². The van der Waals surface area contributed by atoms with Crippen LogP contribution in [0.15, 0.2) is 47.6 Å². The summed E-state index contributed by atoms with van der Waals surface area (Å²) in [5.74, 6) is 0.385. The van der Waals surface area contributed by atoms with Gasteiger partial charge in [-0.25, -0.2) is 4.98 Å². The molecule has 7 nitrogen and oxygen atoms in total. The zero-order valence-electron chi connectivity index (χ0n) is 13.4. The highest BCUT2D eigenvalue weighted by Gasteiger charge is 2.06. The number of carbonyl (C=O) groups is 1. The maximum Gasteiger partial charge on any atom is 0.255 e. The Labute approximate surface area is 148 Å². The van der Waals surface area contributed by atoms with Gasteiger partial charge < -0.3 is 15.2 Å². The van der Waals surface area contributed by atoms with Crippen LogP contribution in [0, 0.1) is 0 Å². The fourth-order valence-electron chi connectivity index (χ4n) is 2.11. The van der Waals surface area contributed by atoms with Gasteiger partial charge in [-0.05, 0) is 35.9 Å². The molecule has 3 rings (SSSR count). The van der Waals surface area contributed by atoms with Crippen LogP contribution >= 0.6 is 11.3 Å². The number of hydrogen-bond acceptors (Lipinski definition) is 7. The number of rotatable bonds is 7. The van der Waals surface area contributed by atoms with E-state index in [-0.39, 0.29) is 6.61 Å². The molecule has 0 spiro atoms. The number of aromatic nitrogens is 1. The number of benzene rings is 2. The van der Waals surface area contributed by atoms with Crippen molar-refractivity contribution in [3.05, 3.63) is 48.0 Å². The van der Waals surface area contributed by atoms with Gasteiger partial charge in [-0.3, -0.25) is 10.2 Å². The first-order valence-corrected chi connectivity index (χ1v) is 8.21. The smallest absolute Gasteiger partial charge is 0.255 e. The number of ether oxygens (including phenoxy) is 2. The maximum atomic E-state index is 10.8. The van der Waals surface area contributed by atoms with Gasteiger partial charge in [0.15, 0.2) is 18.1 Å². The minimum Gasteiger partial charge on any atom is -0.493 e. The molecule has 3 N–H and O–H groups in total. The van der Waals surface area contributed by atoms with E-state index >= 15 is 0 Å². The largest absolute Gasteiger partial charge is 0.493 e. The summed E-state index contributed by atoms with van der Waals surface area (Å²) in [4.78, 5) is 15.2. The third kappa shape index (κ3) is 4.24. The lowest BCUT2D eigenvalue weighted by Crippen LogP contribution is -2.20. The fraction of sp³-hybridized carbons (Fsp3) is 0.118. The van der Waals surface area contributed by atoms with Gasteiger partial charge in [-0.15, -0.1) is 0 Å². The van der Waals surface area contributed by atoms with Gasteiger partial charge >= 0.3 is 0 Å². The van der Waals surface area contributed by atoms with Crippen molar-refractivity contribution in [1.82, 2.24) is 4.98 Å². The summed E-state index contributed by atoms with van der Waals surface area (Å²) in [5, 5.41) is 4.90. The minimum atomic E-state index is -0.548. The molecule has 3 aromatic rings. The van der Waals surface area contributed by atoms with E-state index in [1.54, 1.807) is 24.4 Å². The van der Waals surface area contributed by atoms with E-state index in [2.05, 4.69) is 15.5 Å². The van der Waals surface area contributed by atoms with Crippen LogP contribution in [0.3, 0.4) is 0 Å². The number of thiazole rings is 1. The molecule has 1 heterocycles. The standard InChI is InChI=1S/C17H16N4O3S/c1-23-14-8-11(6-7-13(14)24-10-16(18)22)9-19-21-17-20-12-4-2-3-5-15(12)25-17/h2-9H,10H2,1H3,(H2,18,22)(H,20,21). The summed E-state index contributed by atoms with van der Waals surface area (Å²) in [5.41, 5.74) is 9.73. The van der Waals surface area contributed by atoms with E-state index in [1.165, 1.54) is 18.4 Å². The van der Waals surface area contributed by atoms with Crippen LogP contribution in [0.2, 0.25) is 0 Å². The molecule has 25 heavy (non-hydrogen) atoms. The lowest BCUT2D eigenvalue weighted by Gasteiger charge is -2.09. The summed E-state index contributed by atoms with van der Waals surface area (Å²) < 4.78 is 11.6. The molecular formula is C17H16N4O3S. The van der Waals surface area contributed by atoms with Crippen molar-refractivity contribution in [1.29, 1.82) is 0 Å². The van der Waals surface area contributed by atoms with E-state index in [0.717, 1.165) is 15.8 Å². The number of amides is 1. The van der Waals surface area contributed by atoms with Crippen LogP contribution in [-0.4, -0.2) is 30.8 Å². The second-order valence-corrected chi connectivity index (χ2v) is 6.05. The number of hydrazone groups is 1. The normalized spacial score (nSPS) is 10.9. The van der Waals surface area contributed by atoms with Crippen molar-refractivity contribution in [2.45, 2.75) is 0 Å². The highest BCUT2D eigenvalue weighted by atomic mass is 32.1. The number of nitrogens with one attached hydrogen (secondary N) is 1. The van der Waals surface area contributed by atoms with Crippen molar-refractivity contribution in [2.75, 3.05) is 19.1 Å². The van der Waals surface area contributed by atoms with Crippen LogP contribution in [-0.2, 0) is 4.79 Å². The van der Waals surface area contributed by atoms with Crippen LogP contribution in [0.1, 0.15) is 5.56 Å². The van der Waals surface area contributed by atoms with Gasteiger partial charge in [0.25, 0.3) is 5.91 Å². The average molecular weight is 356 g/mol. The molecule has 0 aliphatic rings. The van der Waals surface area contributed by atoms with E-state index in [4.69, 9.17) is 15.2 Å². The van der Waals surface area contributed by atoms with Crippen molar-refractivity contribution < 1.29 is 14.3 Å². The van der Waals surface area contributed by atoms with E-state index in [1.807, 2.05) is 24.3 Å². The quantitative estimate of drug-likeness (QED) is 0.501. The van der Waals surface area contributed by atoms with Crippen LogP contribution in [0.4, 0.5) is 5.13 Å². The highest BCUT2D eigenvalue weighted by molar-refractivity contribution is 7.22. The number of anilines is 1. The number of methoxy groups -OCH3 is 1. The fourth-order valence-corrected chi connectivity index (χ4v) is 2.93. The average Bonchev–Trinajstić information content (AvgIpc) is 3.03. The lowest BCUT2D eigenvalue weighted by molar-refractivity contribution is -0.119. The number of primary amides is 1. The Morgan fingerprint density at radius 1 is 1.32 bits per heavy atom. The number of para-hydroxylation sites is 1. The Morgan fingerprint density at radius 2 is 2.16 bits per heavy atom. The van der Waals surface area contributed by atoms with Gasteiger partial charge in [0, 0.05) is 0 Å². The molecule has 0 saturated carbocycles. The Kier molecular flexibility index (Phi) is 5.10. The number of hydrogen-bond donors (Lipinski definition) is 2. The molecule has 0 radical (unpaired) electrons. The predicted molar refractivity (Wildman–Crippen MR) is 98.5 cm³/mol. The summed E-state index contributed by atoms with van der Waals surface area (Å²) in [6.45, 7) is -0.205. The molecule has 0 bridgehead atoms. The molecule has 8 heteroatoms. The Hall–Kier alpha value is -3.13. The van der Waals surface area contributed by atoms with Crippen molar-refractivity contribution in [3.8, 4) is 11.5 Å². The molecule has 128 valence electrons. The summed E-state index contributed by atoms with van der Waals surface area (Å²) in [6, 6.07) is 13.1. The second kappa shape index (κ2) is 7.63. The summed E-state index contributed by atoms with van der Waals surface area (Å²) in [7, 11) is 1.52. The highest BCUT2D eigenvalue weighted by Crippen LogP contribution is 2.28. The van der Waals surface area contributed by atoms with Crippen LogP contribution in [0.25, 0.3) is 10.2 Å². The second-order valence-electron chi connectivity index (χ2n) is 5.02. The Morgan fingerprint density at radius 3 is 2.92 bits per heavy atom. The van der Waals surface area contributed by atoms with Crippen LogP contribution < -0.4 is 20.6 Å². The summed E-state index contributed by atoms with van der Waals surface area (Å²) >= 11 is 1.53. The van der Waals surface area contributed by atoms with E-state index in [0.29, 0.717) is 16.6 Å². The first-order valence-electron chi connectivity index (χ1n) is 7.39. The van der Waals surface area contributed by atoms with Crippen molar-refractivity contribution in [2.24, 2.45) is 10.8 Å². The number of fused-ring (bicyclic) bond motifs is 1. The van der Waals surface area contributed by atoms with Crippen LogP contribution in [0.5, 0.6) is 11.5 Å². The van der Waals surface area contributed by atoms with Crippen molar-refractivity contribution in [3.63, 3.8) is 0 Å². The molecule has 1 amide bonds. The number of nitrogens with two attached hydrogens (primary N) is 1. The first kappa shape index (κ1) is 16.7. The third-order valence-electron chi connectivity index (χ3n) is 3.23. The molecule has 2 aromatic carbocycles. The lowest BCUT2D eigenvalue weighted by atomic mass is 10.2. The zero-order valence-corrected chi connectivity index (χ0v) is 14.2. The van der Waals surface area contributed by atoms with Gasteiger partial charge in [0.1, 0.15) is 0 Å². The molecular weight excluding hydrogens is 340 g/mol. The first-order chi connectivity index (χ1) is 12.2. The predicted octanol–water partition coefficient (Wildman–Crippen LogP) is 2.61. The monoisotopic (exact) mass is 356 g/mol. The molecule has 1 aromatic heterocycles. The summed E-state index contributed by atoms with van der Waals surface area (Å²) in [6.07, 6.45) is 1.65. The number of carbonyl (C=O) groups excluding carboxylic acids is 1. The van der Waals surface area contributed by atoms with Gasteiger partial charge in [-0.1, -0.05) is 23.5 Å². The molecule has 0 fully saturated rings. The molecule has 0 aliphatic carbocycles. The zero-order chi connectivity index (χ0) is 17.6. The molecule has 0 atom stereocenters. The molecule has 0 saturated heterocycles. The van der Waals surface area contributed by atoms with E-state index < -0.39 is 5.91 Å². The van der Waals surface area contributed by atoms with Gasteiger partial charge in [0.05, 0.1) is 23.5 Å². The van der Waals surface area contributed by atoms with Crippen molar-refractivity contribution >= 4 is 38.8 Å². The third-order valence-corrected chi connectivity index (χ3v) is 4.17. The Balaban J connectivity index is 1.69. The van der Waals surface area contributed by atoms with Gasteiger partial charge in [0.2, 0.25) is 5.13 Å². The topological polar surface area (TPSA) is 98.8 Å². The van der Waals surface area contributed by atoms with Gasteiger partial charge in [-0.2, -0.15) is 5.10 Å². The molecule has 0 aliphatic heterocycles. The Bertz CT molecular complexity index is 890. The maximum absolute atomic E-state index is 10.8. The molecule has 0 unspecified atom stereocenters.